The van der Waals surface area contributed by atoms with E-state index in [0.29, 0.717) is 28.7 Å². The average Bonchev–Trinajstić information content (AvgIpc) is 3.63. The van der Waals surface area contributed by atoms with Crippen molar-refractivity contribution in [3.8, 4) is 28.2 Å². The van der Waals surface area contributed by atoms with E-state index in [1.807, 2.05) is 12.1 Å². The van der Waals surface area contributed by atoms with Crippen LogP contribution in [0.5, 0.6) is 0 Å². The summed E-state index contributed by atoms with van der Waals surface area (Å²) in [6.45, 7) is 4.48. The summed E-state index contributed by atoms with van der Waals surface area (Å²) in [5.41, 5.74) is 2.14. The molecule has 0 spiro atoms. The van der Waals surface area contributed by atoms with Gasteiger partial charge in [-0.3, -0.25) is 9.71 Å². The van der Waals surface area contributed by atoms with Gasteiger partial charge < -0.3 is 10.2 Å². The molecule has 1 aromatic carbocycles. The maximum absolute atomic E-state index is 16.1. The second kappa shape index (κ2) is 11.6. The van der Waals surface area contributed by atoms with E-state index in [2.05, 4.69) is 31.8 Å². The van der Waals surface area contributed by atoms with Gasteiger partial charge >= 0.3 is 10.2 Å². The maximum atomic E-state index is 16.1. The summed E-state index contributed by atoms with van der Waals surface area (Å²) in [7, 11) is -4.20. The van der Waals surface area contributed by atoms with Crippen LogP contribution >= 0.6 is 11.6 Å². The molecule has 0 bridgehead atoms. The summed E-state index contributed by atoms with van der Waals surface area (Å²) >= 11 is 6.37. The van der Waals surface area contributed by atoms with Gasteiger partial charge in [0, 0.05) is 79.1 Å². The number of pyridine rings is 2. The molecule has 0 amide bonds. The van der Waals surface area contributed by atoms with Gasteiger partial charge in [0.25, 0.3) is 0 Å². The molecule has 3 aromatic heterocycles. The third-order valence-corrected chi connectivity index (χ3v) is 9.08. The SMILES string of the molecule is C[C@@H]1CN(c2ccc(-n3cc(-c4cc(Cl)cc(NS(=O)(=O)N5CC[C@@H](F)C5)c4F)c(-c4ccncc4)n3)nc2)CCN1. The van der Waals surface area contributed by atoms with Crippen molar-refractivity contribution in [2.45, 2.75) is 25.6 Å². The van der Waals surface area contributed by atoms with E-state index < -0.39 is 22.2 Å². The second-order valence-corrected chi connectivity index (χ2v) is 12.5. The molecule has 2 N–H and O–H groups in total. The number of hydrogen-bond acceptors (Lipinski definition) is 7. The first-order chi connectivity index (χ1) is 20.2. The van der Waals surface area contributed by atoms with Crippen molar-refractivity contribution in [3.05, 3.63) is 72.0 Å². The first-order valence-electron chi connectivity index (χ1n) is 13.5. The second-order valence-electron chi connectivity index (χ2n) is 10.4. The Kier molecular flexibility index (Phi) is 7.83. The summed E-state index contributed by atoms with van der Waals surface area (Å²) in [6.07, 6.45) is 5.43. The molecule has 2 aliphatic heterocycles. The molecule has 0 unspecified atom stereocenters. The summed E-state index contributed by atoms with van der Waals surface area (Å²) in [4.78, 5) is 11.0. The maximum Gasteiger partial charge on any atom is 0.301 e. The number of halogens is 3. The van der Waals surface area contributed by atoms with Crippen molar-refractivity contribution in [2.24, 2.45) is 0 Å². The lowest BCUT2D eigenvalue weighted by molar-refractivity contribution is 0.343. The lowest BCUT2D eigenvalue weighted by atomic mass is 10.0. The van der Waals surface area contributed by atoms with Gasteiger partial charge in [-0.2, -0.15) is 17.8 Å². The normalized spacial score (nSPS) is 19.8. The van der Waals surface area contributed by atoms with Crippen LogP contribution in [0.1, 0.15) is 13.3 Å². The van der Waals surface area contributed by atoms with Gasteiger partial charge in [0.1, 0.15) is 11.9 Å². The number of aromatic nitrogens is 4. The zero-order valence-electron chi connectivity index (χ0n) is 22.7. The summed E-state index contributed by atoms with van der Waals surface area (Å²) in [6, 6.07) is 10.3. The molecule has 220 valence electrons. The Morgan fingerprint density at radius 2 is 1.90 bits per heavy atom. The number of hydrogen-bond donors (Lipinski definition) is 2. The van der Waals surface area contributed by atoms with Crippen LogP contribution in [0.2, 0.25) is 5.02 Å². The van der Waals surface area contributed by atoms with E-state index in [9.17, 15) is 12.8 Å². The standard InChI is InChI=1S/C28H29ClF2N8O2S/c1-18-15-37(11-9-33-18)22-2-3-26(34-14-22)39-17-24(28(35-39)19-4-7-32-8-5-19)23-12-20(29)13-25(27(23)31)36-42(40,41)38-10-6-21(30)16-38/h2-5,7-8,12-14,17-18,21,33,36H,6,9-11,15-16H2,1H3/t18-,21-/m1/s1. The average molecular weight is 615 g/mol. The molecular formula is C28H29ClF2N8O2S. The van der Waals surface area contributed by atoms with E-state index in [0.717, 1.165) is 29.6 Å². The minimum atomic E-state index is -4.20. The van der Waals surface area contributed by atoms with E-state index in [4.69, 9.17) is 16.7 Å². The van der Waals surface area contributed by atoms with Crippen LogP contribution in [0.25, 0.3) is 28.2 Å². The van der Waals surface area contributed by atoms with Crippen LogP contribution in [0, 0.1) is 5.82 Å². The van der Waals surface area contributed by atoms with Gasteiger partial charge in [-0.05, 0) is 49.7 Å². The number of benzene rings is 1. The van der Waals surface area contributed by atoms with Crippen molar-refractivity contribution < 1.29 is 17.2 Å². The third-order valence-electron chi connectivity index (χ3n) is 7.37. The molecule has 2 aliphatic rings. The van der Waals surface area contributed by atoms with E-state index >= 15 is 4.39 Å². The molecule has 2 fully saturated rings. The Balaban J connectivity index is 1.38. The van der Waals surface area contributed by atoms with Crippen LogP contribution in [0.3, 0.4) is 0 Å². The molecule has 0 radical (unpaired) electrons. The number of rotatable bonds is 7. The molecule has 42 heavy (non-hydrogen) atoms. The predicted molar refractivity (Wildman–Crippen MR) is 158 cm³/mol. The zero-order chi connectivity index (χ0) is 29.4. The highest BCUT2D eigenvalue weighted by atomic mass is 35.5. The first-order valence-corrected chi connectivity index (χ1v) is 15.4. The van der Waals surface area contributed by atoms with E-state index in [-0.39, 0.29) is 35.8 Å². The minimum Gasteiger partial charge on any atom is -0.367 e. The highest BCUT2D eigenvalue weighted by Crippen LogP contribution is 2.38. The number of alkyl halides is 1. The van der Waals surface area contributed by atoms with Crippen LogP contribution in [0.15, 0.2) is 61.2 Å². The fourth-order valence-corrected chi connectivity index (χ4v) is 6.73. The molecule has 6 rings (SSSR count). The fourth-order valence-electron chi connectivity index (χ4n) is 5.25. The van der Waals surface area contributed by atoms with Crippen molar-refractivity contribution in [3.63, 3.8) is 0 Å². The quantitative estimate of drug-likeness (QED) is 0.320. The van der Waals surface area contributed by atoms with Crippen LogP contribution < -0.4 is 14.9 Å². The van der Waals surface area contributed by atoms with Crippen molar-refractivity contribution in [1.29, 1.82) is 0 Å². The largest absolute Gasteiger partial charge is 0.367 e. The molecule has 2 saturated heterocycles. The van der Waals surface area contributed by atoms with Gasteiger partial charge in [0.05, 0.1) is 17.6 Å². The predicted octanol–water partition coefficient (Wildman–Crippen LogP) is 4.29. The highest BCUT2D eigenvalue weighted by Gasteiger charge is 2.32. The van der Waals surface area contributed by atoms with Crippen molar-refractivity contribution in [1.82, 2.24) is 29.4 Å². The topological polar surface area (TPSA) is 108 Å². The van der Waals surface area contributed by atoms with E-state index in [1.165, 1.54) is 12.1 Å². The molecular weight excluding hydrogens is 586 g/mol. The number of nitrogens with one attached hydrogen (secondary N) is 2. The van der Waals surface area contributed by atoms with Crippen LogP contribution in [-0.4, -0.2) is 77.4 Å². The molecule has 0 saturated carbocycles. The van der Waals surface area contributed by atoms with Crippen molar-refractivity contribution >= 4 is 33.2 Å². The highest BCUT2D eigenvalue weighted by molar-refractivity contribution is 7.90. The van der Waals surface area contributed by atoms with Gasteiger partial charge in [0.2, 0.25) is 0 Å². The number of piperazine rings is 1. The zero-order valence-corrected chi connectivity index (χ0v) is 24.3. The smallest absolute Gasteiger partial charge is 0.301 e. The Hall–Kier alpha value is -3.65. The number of nitrogens with zero attached hydrogens (tertiary/aromatic N) is 6. The van der Waals surface area contributed by atoms with Crippen LogP contribution in [0.4, 0.5) is 20.2 Å². The Bertz CT molecular complexity index is 1690. The summed E-state index contributed by atoms with van der Waals surface area (Å²) in [5, 5.41) is 8.26. The summed E-state index contributed by atoms with van der Waals surface area (Å²) < 4.78 is 60.3. The molecule has 2 atom stereocenters. The van der Waals surface area contributed by atoms with Crippen molar-refractivity contribution in [2.75, 3.05) is 42.3 Å². The van der Waals surface area contributed by atoms with E-state index in [1.54, 1.807) is 41.6 Å². The minimum absolute atomic E-state index is 0.00394. The third kappa shape index (κ3) is 5.82. The Labute approximate surface area is 247 Å². The van der Waals surface area contributed by atoms with Gasteiger partial charge in [-0.15, -0.1) is 0 Å². The summed E-state index contributed by atoms with van der Waals surface area (Å²) in [5.74, 6) is -0.327. The first kappa shape index (κ1) is 28.5. The Morgan fingerprint density at radius 3 is 2.60 bits per heavy atom. The van der Waals surface area contributed by atoms with Gasteiger partial charge in [-0.1, -0.05) is 11.6 Å². The lowest BCUT2D eigenvalue weighted by Gasteiger charge is -2.33. The van der Waals surface area contributed by atoms with Crippen LogP contribution in [-0.2, 0) is 10.2 Å². The molecule has 0 aliphatic carbocycles. The molecule has 10 nitrogen and oxygen atoms in total. The molecule has 5 heterocycles. The monoisotopic (exact) mass is 614 g/mol. The lowest BCUT2D eigenvalue weighted by Crippen LogP contribution is -2.49. The number of anilines is 2. The van der Waals surface area contributed by atoms with Gasteiger partial charge in [-0.25, -0.2) is 18.4 Å². The Morgan fingerprint density at radius 1 is 1.10 bits per heavy atom. The molecule has 4 aromatic rings. The fraction of sp³-hybridized carbons (Fsp3) is 0.321. The molecule has 14 heteroatoms. The van der Waals surface area contributed by atoms with Gasteiger partial charge in [0.15, 0.2) is 11.6 Å².